The van der Waals surface area contributed by atoms with Crippen LogP contribution in [0.25, 0.3) is 0 Å². The van der Waals surface area contributed by atoms with E-state index in [1.807, 2.05) is 6.07 Å². The molecule has 2 atom stereocenters. The SMILES string of the molecule is CC1OCCC1CNCc1ccc(C#N)cc1F. The van der Waals surface area contributed by atoms with Crippen molar-refractivity contribution in [1.82, 2.24) is 5.32 Å². The van der Waals surface area contributed by atoms with Gasteiger partial charge >= 0.3 is 0 Å². The molecule has 1 aliphatic heterocycles. The van der Waals surface area contributed by atoms with Gasteiger partial charge in [0, 0.05) is 25.3 Å². The number of rotatable bonds is 4. The molecule has 96 valence electrons. The Morgan fingerprint density at radius 2 is 2.39 bits per heavy atom. The molecule has 0 aliphatic carbocycles. The first-order valence-electron chi connectivity index (χ1n) is 6.21. The molecule has 0 amide bonds. The summed E-state index contributed by atoms with van der Waals surface area (Å²) in [5, 5.41) is 11.9. The minimum absolute atomic E-state index is 0.281. The van der Waals surface area contributed by atoms with Gasteiger partial charge in [0.15, 0.2) is 0 Å². The van der Waals surface area contributed by atoms with Crippen LogP contribution in [0.2, 0.25) is 0 Å². The van der Waals surface area contributed by atoms with Crippen LogP contribution in [0.15, 0.2) is 18.2 Å². The molecule has 1 aromatic rings. The molecule has 1 heterocycles. The molecule has 1 aromatic carbocycles. The summed E-state index contributed by atoms with van der Waals surface area (Å²) < 4.78 is 19.1. The predicted octanol–water partition coefficient (Wildman–Crippen LogP) is 2.21. The van der Waals surface area contributed by atoms with Crippen LogP contribution in [-0.4, -0.2) is 19.3 Å². The van der Waals surface area contributed by atoms with Crippen molar-refractivity contribution in [2.24, 2.45) is 5.92 Å². The second-order valence-electron chi connectivity index (χ2n) is 4.67. The molecular formula is C14H17FN2O. The third kappa shape index (κ3) is 3.06. The minimum atomic E-state index is -0.322. The first kappa shape index (κ1) is 13.0. The van der Waals surface area contributed by atoms with Gasteiger partial charge in [-0.25, -0.2) is 4.39 Å². The lowest BCUT2D eigenvalue weighted by atomic mass is 10.0. The summed E-state index contributed by atoms with van der Waals surface area (Å²) in [5.41, 5.74) is 0.953. The predicted molar refractivity (Wildman–Crippen MR) is 66.3 cm³/mol. The van der Waals surface area contributed by atoms with Gasteiger partial charge in [-0.1, -0.05) is 6.07 Å². The van der Waals surface area contributed by atoms with E-state index in [1.165, 1.54) is 6.07 Å². The highest BCUT2D eigenvalue weighted by atomic mass is 19.1. The van der Waals surface area contributed by atoms with Gasteiger partial charge < -0.3 is 10.1 Å². The number of ether oxygens (including phenoxy) is 1. The average Bonchev–Trinajstić information content (AvgIpc) is 2.77. The largest absolute Gasteiger partial charge is 0.378 e. The van der Waals surface area contributed by atoms with E-state index in [0.29, 0.717) is 23.6 Å². The molecule has 0 bridgehead atoms. The summed E-state index contributed by atoms with van der Waals surface area (Å²) in [6.07, 6.45) is 1.34. The van der Waals surface area contributed by atoms with Crippen LogP contribution in [-0.2, 0) is 11.3 Å². The number of nitrogens with one attached hydrogen (secondary N) is 1. The lowest BCUT2D eigenvalue weighted by molar-refractivity contribution is 0.105. The van der Waals surface area contributed by atoms with Gasteiger partial charge in [-0.05, 0) is 31.4 Å². The van der Waals surface area contributed by atoms with Crippen LogP contribution in [0, 0.1) is 23.1 Å². The highest BCUT2D eigenvalue weighted by Crippen LogP contribution is 2.19. The Kier molecular flexibility index (Phi) is 4.29. The highest BCUT2D eigenvalue weighted by molar-refractivity contribution is 5.32. The number of halogens is 1. The van der Waals surface area contributed by atoms with Crippen LogP contribution in [0.3, 0.4) is 0 Å². The van der Waals surface area contributed by atoms with Gasteiger partial charge in [0.1, 0.15) is 5.82 Å². The first-order chi connectivity index (χ1) is 8.70. The number of hydrogen-bond donors (Lipinski definition) is 1. The lowest BCUT2D eigenvalue weighted by Gasteiger charge is -2.14. The highest BCUT2D eigenvalue weighted by Gasteiger charge is 2.23. The monoisotopic (exact) mass is 248 g/mol. The second-order valence-corrected chi connectivity index (χ2v) is 4.67. The summed E-state index contributed by atoms with van der Waals surface area (Å²) in [6, 6.07) is 6.50. The summed E-state index contributed by atoms with van der Waals surface area (Å²) >= 11 is 0. The summed E-state index contributed by atoms with van der Waals surface area (Å²) in [6.45, 7) is 4.21. The van der Waals surface area contributed by atoms with E-state index in [4.69, 9.17) is 10.00 Å². The van der Waals surface area contributed by atoms with Gasteiger partial charge in [0.25, 0.3) is 0 Å². The van der Waals surface area contributed by atoms with E-state index in [9.17, 15) is 4.39 Å². The standard InChI is InChI=1S/C14H17FN2O/c1-10-12(4-5-18-10)8-17-9-13-3-2-11(7-16)6-14(13)15/h2-3,6,10,12,17H,4-5,8-9H2,1H3. The molecule has 0 saturated carbocycles. The Bertz CT molecular complexity index is 456. The normalized spacial score (nSPS) is 22.9. The van der Waals surface area contributed by atoms with E-state index in [0.717, 1.165) is 19.6 Å². The van der Waals surface area contributed by atoms with Crippen molar-refractivity contribution in [2.75, 3.05) is 13.2 Å². The molecule has 1 saturated heterocycles. The zero-order valence-corrected chi connectivity index (χ0v) is 10.4. The molecule has 0 radical (unpaired) electrons. The topological polar surface area (TPSA) is 45.0 Å². The van der Waals surface area contributed by atoms with Crippen LogP contribution in [0.5, 0.6) is 0 Å². The molecule has 18 heavy (non-hydrogen) atoms. The van der Waals surface area contributed by atoms with Crippen molar-refractivity contribution in [3.63, 3.8) is 0 Å². The maximum absolute atomic E-state index is 13.6. The van der Waals surface area contributed by atoms with E-state index in [1.54, 1.807) is 12.1 Å². The maximum Gasteiger partial charge on any atom is 0.129 e. The Morgan fingerprint density at radius 1 is 1.56 bits per heavy atom. The summed E-state index contributed by atoms with van der Waals surface area (Å²) in [7, 11) is 0. The second kappa shape index (κ2) is 5.94. The molecule has 0 spiro atoms. The van der Waals surface area contributed by atoms with Crippen LogP contribution >= 0.6 is 0 Å². The lowest BCUT2D eigenvalue weighted by Crippen LogP contribution is -2.26. The Balaban J connectivity index is 1.85. The van der Waals surface area contributed by atoms with Crippen molar-refractivity contribution >= 4 is 0 Å². The van der Waals surface area contributed by atoms with Crippen molar-refractivity contribution < 1.29 is 9.13 Å². The van der Waals surface area contributed by atoms with E-state index in [-0.39, 0.29) is 11.9 Å². The third-order valence-electron chi connectivity index (χ3n) is 3.44. The molecule has 1 N–H and O–H groups in total. The molecule has 2 unspecified atom stereocenters. The Morgan fingerprint density at radius 3 is 3.00 bits per heavy atom. The van der Waals surface area contributed by atoms with Crippen molar-refractivity contribution in [3.05, 3.63) is 35.1 Å². The van der Waals surface area contributed by atoms with Crippen LogP contribution in [0.1, 0.15) is 24.5 Å². The smallest absolute Gasteiger partial charge is 0.129 e. The van der Waals surface area contributed by atoms with Crippen LogP contribution in [0.4, 0.5) is 4.39 Å². The third-order valence-corrected chi connectivity index (χ3v) is 3.44. The van der Waals surface area contributed by atoms with Gasteiger partial charge in [0.05, 0.1) is 17.7 Å². The number of benzene rings is 1. The van der Waals surface area contributed by atoms with Gasteiger partial charge in [-0.15, -0.1) is 0 Å². The molecule has 0 aromatic heterocycles. The molecular weight excluding hydrogens is 231 g/mol. The summed E-state index contributed by atoms with van der Waals surface area (Å²) in [4.78, 5) is 0. The molecule has 4 heteroatoms. The Labute approximate surface area is 107 Å². The molecule has 1 aliphatic rings. The van der Waals surface area contributed by atoms with E-state index >= 15 is 0 Å². The minimum Gasteiger partial charge on any atom is -0.378 e. The maximum atomic E-state index is 13.6. The number of hydrogen-bond acceptors (Lipinski definition) is 3. The Hall–Kier alpha value is -1.44. The quantitative estimate of drug-likeness (QED) is 0.888. The van der Waals surface area contributed by atoms with Crippen molar-refractivity contribution in [3.8, 4) is 6.07 Å². The van der Waals surface area contributed by atoms with Gasteiger partial charge in [-0.2, -0.15) is 5.26 Å². The first-order valence-corrected chi connectivity index (χ1v) is 6.21. The van der Waals surface area contributed by atoms with Gasteiger partial charge in [-0.3, -0.25) is 0 Å². The average molecular weight is 248 g/mol. The zero-order valence-electron chi connectivity index (χ0n) is 10.4. The van der Waals surface area contributed by atoms with E-state index < -0.39 is 0 Å². The number of nitrogens with zero attached hydrogens (tertiary/aromatic N) is 1. The molecule has 1 fully saturated rings. The van der Waals surface area contributed by atoms with Crippen molar-refractivity contribution in [1.29, 1.82) is 5.26 Å². The van der Waals surface area contributed by atoms with E-state index in [2.05, 4.69) is 12.2 Å². The van der Waals surface area contributed by atoms with Crippen molar-refractivity contribution in [2.45, 2.75) is 26.0 Å². The van der Waals surface area contributed by atoms with Gasteiger partial charge in [0.2, 0.25) is 0 Å². The zero-order chi connectivity index (χ0) is 13.0. The number of nitriles is 1. The fraction of sp³-hybridized carbons (Fsp3) is 0.500. The molecule has 3 nitrogen and oxygen atoms in total. The summed E-state index contributed by atoms with van der Waals surface area (Å²) in [5.74, 6) is 0.184. The van der Waals surface area contributed by atoms with Crippen LogP contribution < -0.4 is 5.32 Å². The molecule has 2 rings (SSSR count). The fourth-order valence-electron chi connectivity index (χ4n) is 2.20. The fourth-order valence-corrected chi connectivity index (χ4v) is 2.20.